The Morgan fingerprint density at radius 3 is 2.43 bits per heavy atom. The minimum atomic E-state index is -0.193. The van der Waals surface area contributed by atoms with Crippen molar-refractivity contribution in [2.75, 3.05) is 18.0 Å². The first kappa shape index (κ1) is 17.0. The van der Waals surface area contributed by atoms with Crippen LogP contribution in [0.4, 0.5) is 10.2 Å². The average Bonchev–Trinajstić information content (AvgIpc) is 3.23. The molecular formula is C23H21FN4. The molecule has 5 heteroatoms. The van der Waals surface area contributed by atoms with Crippen molar-refractivity contribution in [3.05, 3.63) is 77.5 Å². The first-order chi connectivity index (χ1) is 13.8. The van der Waals surface area contributed by atoms with Gasteiger partial charge in [0.25, 0.3) is 0 Å². The lowest BCUT2D eigenvalue weighted by atomic mass is 9.99. The summed E-state index contributed by atoms with van der Waals surface area (Å²) in [4.78, 5) is 16.2. The van der Waals surface area contributed by atoms with Crippen LogP contribution < -0.4 is 4.90 Å². The lowest BCUT2D eigenvalue weighted by molar-refractivity contribution is 0.627. The van der Waals surface area contributed by atoms with E-state index < -0.39 is 0 Å². The van der Waals surface area contributed by atoms with E-state index in [2.05, 4.69) is 16.0 Å². The first-order valence-corrected chi connectivity index (χ1v) is 9.78. The molecule has 3 aromatic rings. The van der Waals surface area contributed by atoms with Gasteiger partial charge < -0.3 is 4.90 Å². The molecule has 4 nitrogen and oxygen atoms in total. The second kappa shape index (κ2) is 7.15. The number of benzene rings is 1. The Bertz CT molecular complexity index is 1030. The zero-order chi connectivity index (χ0) is 18.9. The molecule has 0 unspecified atom stereocenters. The van der Waals surface area contributed by atoms with Crippen LogP contribution in [-0.2, 0) is 12.8 Å². The third-order valence-electron chi connectivity index (χ3n) is 5.57. The molecule has 3 heterocycles. The van der Waals surface area contributed by atoms with Crippen LogP contribution in [0.1, 0.15) is 29.7 Å². The van der Waals surface area contributed by atoms with Gasteiger partial charge in [-0.15, -0.1) is 0 Å². The molecule has 2 aliphatic rings. The van der Waals surface area contributed by atoms with Crippen molar-refractivity contribution >= 4 is 11.4 Å². The van der Waals surface area contributed by atoms with E-state index in [1.807, 2.05) is 24.3 Å². The van der Waals surface area contributed by atoms with Gasteiger partial charge in [-0.05, 0) is 61.1 Å². The van der Waals surface area contributed by atoms with Gasteiger partial charge >= 0.3 is 0 Å². The van der Waals surface area contributed by atoms with E-state index in [0.717, 1.165) is 61.5 Å². The van der Waals surface area contributed by atoms with Crippen molar-refractivity contribution in [1.29, 1.82) is 0 Å². The normalized spacial score (nSPS) is 16.0. The number of aryl methyl sites for hydroxylation is 1. The van der Waals surface area contributed by atoms with E-state index in [9.17, 15) is 4.39 Å². The van der Waals surface area contributed by atoms with Crippen molar-refractivity contribution in [1.82, 2.24) is 15.0 Å². The highest BCUT2D eigenvalue weighted by molar-refractivity contribution is 5.69. The number of hydrogen-bond acceptors (Lipinski definition) is 4. The molecule has 2 aromatic heterocycles. The van der Waals surface area contributed by atoms with Crippen molar-refractivity contribution in [3.63, 3.8) is 0 Å². The highest BCUT2D eigenvalue weighted by Gasteiger charge is 2.24. The smallest absolute Gasteiger partial charge is 0.161 e. The summed E-state index contributed by atoms with van der Waals surface area (Å²) in [6.07, 6.45) is 9.94. The molecule has 5 rings (SSSR count). The van der Waals surface area contributed by atoms with E-state index in [0.29, 0.717) is 0 Å². The Labute approximate surface area is 163 Å². The molecule has 0 atom stereocenters. The monoisotopic (exact) mass is 372 g/mol. The number of anilines is 1. The molecular weight excluding hydrogens is 351 g/mol. The standard InChI is InChI=1S/C23H21FN4/c24-19-6-4-16(5-7-19)17-10-14-28(15-11-17)23-20-2-1-3-21(20)26-22(27-23)18-8-12-25-13-9-18/h4-10,12-13H,1-3,11,14-15H2. The van der Waals surface area contributed by atoms with Gasteiger partial charge in [0.1, 0.15) is 11.6 Å². The zero-order valence-electron chi connectivity index (χ0n) is 15.6. The Kier molecular flexibility index (Phi) is 4.35. The second-order valence-corrected chi connectivity index (χ2v) is 7.32. The van der Waals surface area contributed by atoms with Crippen molar-refractivity contribution in [3.8, 4) is 11.4 Å². The maximum atomic E-state index is 13.2. The number of rotatable bonds is 3. The Balaban J connectivity index is 1.47. The van der Waals surface area contributed by atoms with Crippen LogP contribution in [0, 0.1) is 5.82 Å². The molecule has 0 saturated heterocycles. The van der Waals surface area contributed by atoms with Crippen LogP contribution in [0.3, 0.4) is 0 Å². The summed E-state index contributed by atoms with van der Waals surface area (Å²) >= 11 is 0. The predicted molar refractivity (Wildman–Crippen MR) is 108 cm³/mol. The van der Waals surface area contributed by atoms with Crippen molar-refractivity contribution in [2.24, 2.45) is 0 Å². The minimum absolute atomic E-state index is 0.193. The summed E-state index contributed by atoms with van der Waals surface area (Å²) in [7, 11) is 0. The third kappa shape index (κ3) is 3.17. The van der Waals surface area contributed by atoms with E-state index in [1.54, 1.807) is 12.4 Å². The largest absolute Gasteiger partial charge is 0.352 e. The molecule has 140 valence electrons. The van der Waals surface area contributed by atoms with Gasteiger partial charge in [0.2, 0.25) is 0 Å². The van der Waals surface area contributed by atoms with Gasteiger partial charge in [-0.1, -0.05) is 18.2 Å². The molecule has 1 aliphatic heterocycles. The number of halogens is 1. The number of fused-ring (bicyclic) bond motifs is 1. The van der Waals surface area contributed by atoms with E-state index >= 15 is 0 Å². The Morgan fingerprint density at radius 2 is 1.68 bits per heavy atom. The Hall–Kier alpha value is -3.08. The lowest BCUT2D eigenvalue weighted by Crippen LogP contribution is -2.30. The predicted octanol–water partition coefficient (Wildman–Crippen LogP) is 4.46. The maximum Gasteiger partial charge on any atom is 0.161 e. The van der Waals surface area contributed by atoms with E-state index in [-0.39, 0.29) is 5.82 Å². The van der Waals surface area contributed by atoms with Gasteiger partial charge in [-0.3, -0.25) is 4.98 Å². The molecule has 0 fully saturated rings. The number of hydrogen-bond donors (Lipinski definition) is 0. The summed E-state index contributed by atoms with van der Waals surface area (Å²) in [6, 6.07) is 10.7. The number of nitrogens with zero attached hydrogens (tertiary/aromatic N) is 4. The van der Waals surface area contributed by atoms with Crippen LogP contribution in [0.25, 0.3) is 17.0 Å². The van der Waals surface area contributed by atoms with Gasteiger partial charge in [-0.25, -0.2) is 14.4 Å². The van der Waals surface area contributed by atoms with Crippen LogP contribution in [0.15, 0.2) is 54.9 Å². The highest BCUT2D eigenvalue weighted by atomic mass is 19.1. The lowest BCUT2D eigenvalue weighted by Gasteiger charge is -2.29. The quantitative estimate of drug-likeness (QED) is 0.681. The highest BCUT2D eigenvalue weighted by Crippen LogP contribution is 2.33. The molecule has 0 saturated carbocycles. The van der Waals surface area contributed by atoms with Crippen LogP contribution in [-0.4, -0.2) is 28.0 Å². The molecule has 0 N–H and O–H groups in total. The van der Waals surface area contributed by atoms with E-state index in [4.69, 9.17) is 9.97 Å². The maximum absolute atomic E-state index is 13.2. The molecule has 0 radical (unpaired) electrons. The van der Waals surface area contributed by atoms with Crippen molar-refractivity contribution < 1.29 is 4.39 Å². The van der Waals surface area contributed by atoms with Gasteiger partial charge in [0, 0.05) is 42.3 Å². The van der Waals surface area contributed by atoms with Gasteiger partial charge in [0.05, 0.1) is 0 Å². The first-order valence-electron chi connectivity index (χ1n) is 9.78. The van der Waals surface area contributed by atoms with Gasteiger partial charge in [0.15, 0.2) is 5.82 Å². The summed E-state index contributed by atoms with van der Waals surface area (Å²) < 4.78 is 13.2. The van der Waals surface area contributed by atoms with Crippen LogP contribution in [0.5, 0.6) is 0 Å². The number of aromatic nitrogens is 3. The van der Waals surface area contributed by atoms with Crippen LogP contribution in [0.2, 0.25) is 0 Å². The fourth-order valence-corrected chi connectivity index (χ4v) is 4.09. The zero-order valence-corrected chi connectivity index (χ0v) is 15.6. The molecule has 0 spiro atoms. The minimum Gasteiger partial charge on any atom is -0.352 e. The summed E-state index contributed by atoms with van der Waals surface area (Å²) in [6.45, 7) is 1.72. The SMILES string of the molecule is Fc1ccc(C2=CCN(c3nc(-c4ccncc4)nc4c3CCC4)CC2)cc1. The number of pyridine rings is 1. The van der Waals surface area contributed by atoms with E-state index in [1.165, 1.54) is 29.0 Å². The van der Waals surface area contributed by atoms with Crippen LogP contribution >= 0.6 is 0 Å². The summed E-state index contributed by atoms with van der Waals surface area (Å²) in [5.74, 6) is 1.66. The fourth-order valence-electron chi connectivity index (χ4n) is 4.09. The molecule has 28 heavy (non-hydrogen) atoms. The Morgan fingerprint density at radius 1 is 0.857 bits per heavy atom. The second-order valence-electron chi connectivity index (χ2n) is 7.32. The van der Waals surface area contributed by atoms with Gasteiger partial charge in [-0.2, -0.15) is 0 Å². The third-order valence-corrected chi connectivity index (χ3v) is 5.57. The average molecular weight is 372 g/mol. The molecule has 1 aromatic carbocycles. The molecule has 1 aliphatic carbocycles. The summed E-state index contributed by atoms with van der Waals surface area (Å²) in [5, 5.41) is 0. The fraction of sp³-hybridized carbons (Fsp3) is 0.261. The molecule has 0 bridgehead atoms. The topological polar surface area (TPSA) is 41.9 Å². The summed E-state index contributed by atoms with van der Waals surface area (Å²) in [5.41, 5.74) is 5.87. The van der Waals surface area contributed by atoms with Crippen molar-refractivity contribution in [2.45, 2.75) is 25.7 Å². The molecule has 0 amide bonds.